The molecule has 1 aromatic carbocycles. The van der Waals surface area contributed by atoms with E-state index in [0.29, 0.717) is 18.4 Å². The van der Waals surface area contributed by atoms with E-state index in [4.69, 9.17) is 9.84 Å². The van der Waals surface area contributed by atoms with E-state index in [9.17, 15) is 4.39 Å². The summed E-state index contributed by atoms with van der Waals surface area (Å²) in [6, 6.07) is 5.82. The average molecular weight is 281 g/mol. The SMILES string of the molecule is OCCCCCCOc1ccc(CNC2CC2)cc1F. The Kier molecular flexibility index (Phi) is 6.27. The van der Waals surface area contributed by atoms with Crippen LogP contribution in [0.3, 0.4) is 0 Å². The topological polar surface area (TPSA) is 41.5 Å². The number of nitrogens with one attached hydrogen (secondary N) is 1. The van der Waals surface area contributed by atoms with Crippen LogP contribution in [0.4, 0.5) is 4.39 Å². The molecule has 1 aliphatic rings. The fraction of sp³-hybridized carbons (Fsp3) is 0.625. The van der Waals surface area contributed by atoms with Gasteiger partial charge in [-0.05, 0) is 49.8 Å². The number of unbranched alkanes of at least 4 members (excludes halogenated alkanes) is 3. The Labute approximate surface area is 120 Å². The lowest BCUT2D eigenvalue weighted by molar-refractivity contribution is 0.269. The first-order valence-corrected chi connectivity index (χ1v) is 7.55. The molecule has 2 N–H and O–H groups in total. The van der Waals surface area contributed by atoms with Crippen LogP contribution in [-0.4, -0.2) is 24.4 Å². The van der Waals surface area contributed by atoms with E-state index in [-0.39, 0.29) is 12.4 Å². The lowest BCUT2D eigenvalue weighted by Gasteiger charge is -2.09. The largest absolute Gasteiger partial charge is 0.491 e. The lowest BCUT2D eigenvalue weighted by atomic mass is 10.2. The molecule has 1 aromatic rings. The number of benzene rings is 1. The summed E-state index contributed by atoms with van der Waals surface area (Å²) in [6.45, 7) is 1.50. The summed E-state index contributed by atoms with van der Waals surface area (Å²) in [5.41, 5.74) is 0.963. The Morgan fingerprint density at radius 1 is 1.20 bits per heavy atom. The van der Waals surface area contributed by atoms with Crippen molar-refractivity contribution in [2.75, 3.05) is 13.2 Å². The summed E-state index contributed by atoms with van der Waals surface area (Å²) in [6.07, 6.45) is 6.20. The summed E-state index contributed by atoms with van der Waals surface area (Å²) in [5.74, 6) is 0.0535. The highest BCUT2D eigenvalue weighted by Gasteiger charge is 2.20. The third-order valence-corrected chi connectivity index (χ3v) is 3.48. The van der Waals surface area contributed by atoms with E-state index in [1.807, 2.05) is 6.07 Å². The molecule has 0 amide bonds. The molecule has 0 aromatic heterocycles. The van der Waals surface area contributed by atoms with Gasteiger partial charge < -0.3 is 15.2 Å². The van der Waals surface area contributed by atoms with Crippen LogP contribution in [0.25, 0.3) is 0 Å². The van der Waals surface area contributed by atoms with Crippen molar-refractivity contribution in [1.29, 1.82) is 0 Å². The molecular weight excluding hydrogens is 257 g/mol. The second-order valence-corrected chi connectivity index (χ2v) is 5.41. The Balaban J connectivity index is 1.68. The Morgan fingerprint density at radius 3 is 2.70 bits per heavy atom. The molecule has 0 radical (unpaired) electrons. The summed E-state index contributed by atoms with van der Waals surface area (Å²) in [5, 5.41) is 12.0. The number of halogens is 1. The van der Waals surface area contributed by atoms with Crippen LogP contribution < -0.4 is 10.1 Å². The summed E-state index contributed by atoms with van der Waals surface area (Å²) in [7, 11) is 0. The van der Waals surface area contributed by atoms with Crippen LogP contribution in [0.2, 0.25) is 0 Å². The zero-order chi connectivity index (χ0) is 14.2. The van der Waals surface area contributed by atoms with Crippen molar-refractivity contribution < 1.29 is 14.2 Å². The number of ether oxygens (including phenoxy) is 1. The standard InChI is InChI=1S/C16H24FNO2/c17-15-11-13(12-18-14-6-7-14)5-8-16(15)20-10-4-2-1-3-9-19/h5,8,11,14,18-19H,1-4,6-7,9-10,12H2. The van der Waals surface area contributed by atoms with Crippen LogP contribution >= 0.6 is 0 Å². The Hall–Kier alpha value is -1.13. The van der Waals surface area contributed by atoms with Gasteiger partial charge in [0.15, 0.2) is 11.6 Å². The summed E-state index contributed by atoms with van der Waals surface area (Å²) >= 11 is 0. The van der Waals surface area contributed by atoms with Crippen LogP contribution in [0.15, 0.2) is 18.2 Å². The van der Waals surface area contributed by atoms with E-state index >= 15 is 0 Å². The summed E-state index contributed by atoms with van der Waals surface area (Å²) in [4.78, 5) is 0. The molecule has 0 unspecified atom stereocenters. The third-order valence-electron chi connectivity index (χ3n) is 3.48. The van der Waals surface area contributed by atoms with Crippen molar-refractivity contribution in [3.05, 3.63) is 29.6 Å². The second-order valence-electron chi connectivity index (χ2n) is 5.41. The van der Waals surface area contributed by atoms with E-state index < -0.39 is 0 Å². The summed E-state index contributed by atoms with van der Waals surface area (Å²) < 4.78 is 19.3. The Morgan fingerprint density at radius 2 is 2.00 bits per heavy atom. The van der Waals surface area contributed by atoms with Gasteiger partial charge in [0.2, 0.25) is 0 Å². The molecular formula is C16H24FNO2. The highest BCUT2D eigenvalue weighted by atomic mass is 19.1. The van der Waals surface area contributed by atoms with Crippen molar-refractivity contribution in [1.82, 2.24) is 5.32 Å². The van der Waals surface area contributed by atoms with E-state index in [1.165, 1.54) is 12.8 Å². The molecule has 0 aliphatic heterocycles. The predicted octanol–water partition coefficient (Wildman–Crippen LogP) is 3.01. The van der Waals surface area contributed by atoms with Gasteiger partial charge in [-0.1, -0.05) is 12.5 Å². The van der Waals surface area contributed by atoms with Crippen LogP contribution in [0.1, 0.15) is 44.1 Å². The first-order chi connectivity index (χ1) is 9.79. The number of hydrogen-bond donors (Lipinski definition) is 2. The molecule has 0 saturated heterocycles. The van der Waals surface area contributed by atoms with Crippen molar-refractivity contribution in [3.63, 3.8) is 0 Å². The van der Waals surface area contributed by atoms with Crippen molar-refractivity contribution >= 4 is 0 Å². The van der Waals surface area contributed by atoms with Gasteiger partial charge in [-0.15, -0.1) is 0 Å². The normalized spacial score (nSPS) is 14.5. The average Bonchev–Trinajstić information content (AvgIpc) is 3.26. The third kappa shape index (κ3) is 5.47. The van der Waals surface area contributed by atoms with Crippen molar-refractivity contribution in [3.8, 4) is 5.75 Å². The predicted molar refractivity (Wildman–Crippen MR) is 77.3 cm³/mol. The highest BCUT2D eigenvalue weighted by Crippen LogP contribution is 2.21. The lowest BCUT2D eigenvalue weighted by Crippen LogP contribution is -2.15. The maximum Gasteiger partial charge on any atom is 0.165 e. The molecule has 0 atom stereocenters. The zero-order valence-electron chi connectivity index (χ0n) is 11.9. The van der Waals surface area contributed by atoms with Crippen LogP contribution in [-0.2, 0) is 6.54 Å². The van der Waals surface area contributed by atoms with Gasteiger partial charge >= 0.3 is 0 Å². The fourth-order valence-electron chi connectivity index (χ4n) is 2.07. The fourth-order valence-corrected chi connectivity index (χ4v) is 2.07. The Bertz CT molecular complexity index is 407. The molecule has 0 heterocycles. The molecule has 0 bridgehead atoms. The maximum atomic E-state index is 13.8. The minimum atomic E-state index is -0.282. The van der Waals surface area contributed by atoms with Gasteiger partial charge in [0.05, 0.1) is 6.61 Å². The quantitative estimate of drug-likeness (QED) is 0.648. The van der Waals surface area contributed by atoms with Gasteiger partial charge in [0.25, 0.3) is 0 Å². The minimum Gasteiger partial charge on any atom is -0.491 e. The molecule has 1 fully saturated rings. The first kappa shape index (κ1) is 15.3. The number of aliphatic hydroxyl groups is 1. The van der Waals surface area contributed by atoms with Crippen LogP contribution in [0, 0.1) is 5.82 Å². The number of aliphatic hydroxyl groups excluding tert-OH is 1. The van der Waals surface area contributed by atoms with E-state index in [0.717, 1.165) is 37.8 Å². The van der Waals surface area contributed by atoms with Gasteiger partial charge in [0, 0.05) is 19.2 Å². The minimum absolute atomic E-state index is 0.242. The van der Waals surface area contributed by atoms with Crippen molar-refractivity contribution in [2.24, 2.45) is 0 Å². The number of rotatable bonds is 10. The molecule has 4 heteroatoms. The van der Waals surface area contributed by atoms with Gasteiger partial charge in [-0.2, -0.15) is 0 Å². The van der Waals surface area contributed by atoms with Crippen LogP contribution in [0.5, 0.6) is 5.75 Å². The molecule has 112 valence electrons. The monoisotopic (exact) mass is 281 g/mol. The zero-order valence-corrected chi connectivity index (χ0v) is 11.9. The maximum absolute atomic E-state index is 13.8. The second kappa shape index (κ2) is 8.22. The van der Waals surface area contributed by atoms with Gasteiger partial charge in [0.1, 0.15) is 0 Å². The first-order valence-electron chi connectivity index (χ1n) is 7.55. The molecule has 2 rings (SSSR count). The highest BCUT2D eigenvalue weighted by molar-refractivity contribution is 5.29. The van der Waals surface area contributed by atoms with E-state index in [1.54, 1.807) is 12.1 Å². The smallest absolute Gasteiger partial charge is 0.165 e. The van der Waals surface area contributed by atoms with Crippen molar-refractivity contribution in [2.45, 2.75) is 51.1 Å². The molecule has 20 heavy (non-hydrogen) atoms. The molecule has 1 aliphatic carbocycles. The van der Waals surface area contributed by atoms with Gasteiger partial charge in [-0.3, -0.25) is 0 Å². The van der Waals surface area contributed by atoms with E-state index in [2.05, 4.69) is 5.32 Å². The molecule has 0 spiro atoms. The number of hydrogen-bond acceptors (Lipinski definition) is 3. The molecule has 3 nitrogen and oxygen atoms in total. The van der Waals surface area contributed by atoms with Gasteiger partial charge in [-0.25, -0.2) is 4.39 Å². The molecule has 1 saturated carbocycles.